The van der Waals surface area contributed by atoms with E-state index in [0.29, 0.717) is 10.5 Å². The van der Waals surface area contributed by atoms with Gasteiger partial charge in [-0.05, 0) is 35.0 Å². The first-order chi connectivity index (χ1) is 12.0. The smallest absolute Gasteiger partial charge is 0.322 e. The molecule has 0 aromatic heterocycles. The summed E-state index contributed by atoms with van der Waals surface area (Å²) in [5.41, 5.74) is 2.10. The predicted octanol–water partition coefficient (Wildman–Crippen LogP) is 1.99. The summed E-state index contributed by atoms with van der Waals surface area (Å²) in [6.07, 6.45) is 0. The summed E-state index contributed by atoms with van der Waals surface area (Å²) in [5, 5.41) is 10.1. The van der Waals surface area contributed by atoms with Crippen LogP contribution in [0.25, 0.3) is 11.1 Å². The Balaban J connectivity index is 1.89. The van der Waals surface area contributed by atoms with Crippen molar-refractivity contribution < 1.29 is 24.3 Å². The number of thioether (sulfide) groups is 1. The Morgan fingerprint density at radius 2 is 1.76 bits per heavy atom. The molecular formula is C18H13NO5S. The molecule has 0 saturated carbocycles. The number of carbonyl (C=O) groups excluding carboxylic acids is 3. The van der Waals surface area contributed by atoms with Crippen LogP contribution in [0.1, 0.15) is 10.4 Å². The van der Waals surface area contributed by atoms with Gasteiger partial charge in [-0.2, -0.15) is 0 Å². The second kappa shape index (κ2) is 6.90. The van der Waals surface area contributed by atoms with Crippen LogP contribution in [-0.2, 0) is 14.4 Å². The summed E-state index contributed by atoms with van der Waals surface area (Å²) in [6.45, 7) is -0.639. The van der Waals surface area contributed by atoms with E-state index in [1.54, 1.807) is 18.2 Å². The van der Waals surface area contributed by atoms with Crippen LogP contribution < -0.4 is 5.32 Å². The van der Waals surface area contributed by atoms with E-state index in [-0.39, 0.29) is 0 Å². The summed E-state index contributed by atoms with van der Waals surface area (Å²) < 4.78 is 0. The van der Waals surface area contributed by atoms with E-state index in [9.17, 15) is 19.2 Å². The largest absolute Gasteiger partial charge is 0.480 e. The number of carbonyl (C=O) groups is 4. The molecule has 3 rings (SSSR count). The Morgan fingerprint density at radius 1 is 1.04 bits per heavy atom. The second-order valence-corrected chi connectivity index (χ2v) is 6.45. The van der Waals surface area contributed by atoms with Gasteiger partial charge in [-0.1, -0.05) is 36.4 Å². The zero-order chi connectivity index (χ0) is 18.0. The van der Waals surface area contributed by atoms with Crippen molar-refractivity contribution in [1.82, 2.24) is 5.32 Å². The van der Waals surface area contributed by atoms with E-state index in [4.69, 9.17) is 5.11 Å². The Labute approximate surface area is 147 Å². The number of Topliss-reactive ketones (excluding diaryl/α,β-unsaturated/α-hetero) is 1. The number of ketones is 1. The Morgan fingerprint density at radius 3 is 2.44 bits per heavy atom. The third kappa shape index (κ3) is 3.46. The van der Waals surface area contributed by atoms with Crippen LogP contribution in [0.2, 0.25) is 0 Å². The molecule has 1 aliphatic heterocycles. The van der Waals surface area contributed by atoms with Crippen LogP contribution in [-0.4, -0.2) is 34.4 Å². The van der Waals surface area contributed by atoms with Crippen LogP contribution in [0.4, 0.5) is 0 Å². The normalized spacial score (nSPS) is 16.2. The lowest BCUT2D eigenvalue weighted by atomic mass is 9.95. The van der Waals surface area contributed by atoms with E-state index in [0.717, 1.165) is 22.9 Å². The molecule has 1 unspecified atom stereocenters. The Hall–Kier alpha value is -2.93. The number of fused-ring (bicyclic) bond motifs is 1. The minimum absolute atomic E-state index is 0.291. The molecule has 2 N–H and O–H groups in total. The lowest BCUT2D eigenvalue weighted by molar-refractivity contribution is -0.139. The van der Waals surface area contributed by atoms with Crippen molar-refractivity contribution in [3.8, 4) is 11.1 Å². The Kier molecular flexibility index (Phi) is 4.67. The summed E-state index contributed by atoms with van der Waals surface area (Å²) >= 11 is 0.827. The fraction of sp³-hybridized carbons (Fsp3) is 0.111. The minimum Gasteiger partial charge on any atom is -0.480 e. The van der Waals surface area contributed by atoms with E-state index >= 15 is 0 Å². The van der Waals surface area contributed by atoms with Gasteiger partial charge in [0.15, 0.2) is 11.7 Å². The number of hydrogen-bond donors (Lipinski definition) is 2. The highest BCUT2D eigenvalue weighted by atomic mass is 32.2. The van der Waals surface area contributed by atoms with Gasteiger partial charge in [0.1, 0.15) is 6.54 Å². The number of hydrogen-bond acceptors (Lipinski definition) is 5. The van der Waals surface area contributed by atoms with Gasteiger partial charge < -0.3 is 10.4 Å². The third-order valence-electron chi connectivity index (χ3n) is 3.74. The lowest BCUT2D eigenvalue weighted by Gasteiger charge is -2.21. The van der Waals surface area contributed by atoms with Crippen molar-refractivity contribution in [2.45, 2.75) is 4.90 Å². The number of carboxylic acids is 1. The van der Waals surface area contributed by atoms with Gasteiger partial charge in [0.25, 0.3) is 0 Å². The van der Waals surface area contributed by atoms with Gasteiger partial charge in [-0.3, -0.25) is 19.2 Å². The molecule has 0 bridgehead atoms. The molecule has 0 radical (unpaired) electrons. The number of amides is 1. The molecule has 0 saturated heterocycles. The first-order valence-corrected chi connectivity index (χ1v) is 8.24. The zero-order valence-corrected chi connectivity index (χ0v) is 13.7. The molecular weight excluding hydrogens is 342 g/mol. The molecule has 2 aromatic carbocycles. The predicted molar refractivity (Wildman–Crippen MR) is 91.2 cm³/mol. The van der Waals surface area contributed by atoms with Crippen LogP contribution in [0, 0.1) is 5.92 Å². The molecule has 1 amide bonds. The van der Waals surface area contributed by atoms with Gasteiger partial charge in [0.05, 0.1) is 0 Å². The average molecular weight is 355 g/mol. The van der Waals surface area contributed by atoms with Crippen LogP contribution in [0.5, 0.6) is 0 Å². The number of nitrogens with one attached hydrogen (secondary N) is 1. The highest BCUT2D eigenvalue weighted by Crippen LogP contribution is 2.37. The molecule has 1 atom stereocenters. The summed E-state index contributed by atoms with van der Waals surface area (Å²) in [5.74, 6) is -4.26. The summed E-state index contributed by atoms with van der Waals surface area (Å²) in [6, 6.07) is 14.6. The molecule has 1 aliphatic rings. The van der Waals surface area contributed by atoms with Gasteiger partial charge in [0.2, 0.25) is 11.0 Å². The van der Waals surface area contributed by atoms with E-state index in [1.165, 1.54) is 0 Å². The van der Waals surface area contributed by atoms with Crippen molar-refractivity contribution in [3.63, 3.8) is 0 Å². The van der Waals surface area contributed by atoms with Crippen LogP contribution >= 0.6 is 11.8 Å². The first kappa shape index (κ1) is 16.9. The maximum Gasteiger partial charge on any atom is 0.322 e. The van der Waals surface area contributed by atoms with Gasteiger partial charge >= 0.3 is 5.97 Å². The third-order valence-corrected chi connectivity index (χ3v) is 4.73. The summed E-state index contributed by atoms with van der Waals surface area (Å²) in [7, 11) is 0. The fourth-order valence-electron chi connectivity index (χ4n) is 2.54. The monoisotopic (exact) mass is 355 g/mol. The molecule has 7 heteroatoms. The number of benzene rings is 2. The van der Waals surface area contributed by atoms with E-state index in [1.807, 2.05) is 30.3 Å². The number of aliphatic carboxylic acids is 1. The fourth-order valence-corrected chi connectivity index (χ4v) is 3.55. The standard InChI is InChI=1S/C18H13NO5S/c20-14(21)9-19-17(23)15-16(22)12-7-6-11(8-13(12)25-18(15)24)10-4-2-1-3-5-10/h1-8,15H,9H2,(H,19,23)(H,20,21). The van der Waals surface area contributed by atoms with Crippen molar-refractivity contribution >= 4 is 34.5 Å². The lowest BCUT2D eigenvalue weighted by Crippen LogP contribution is -2.42. The maximum absolute atomic E-state index is 12.5. The molecule has 0 fully saturated rings. The Bertz CT molecular complexity index is 878. The van der Waals surface area contributed by atoms with Crippen molar-refractivity contribution in [1.29, 1.82) is 0 Å². The van der Waals surface area contributed by atoms with E-state index < -0.39 is 35.2 Å². The molecule has 2 aromatic rings. The van der Waals surface area contributed by atoms with Crippen molar-refractivity contribution in [2.75, 3.05) is 6.54 Å². The number of carboxylic acid groups (broad SMARTS) is 1. The average Bonchev–Trinajstić information content (AvgIpc) is 2.60. The summed E-state index contributed by atoms with van der Waals surface area (Å²) in [4.78, 5) is 47.8. The topological polar surface area (TPSA) is 101 Å². The maximum atomic E-state index is 12.5. The van der Waals surface area contributed by atoms with Crippen molar-refractivity contribution in [3.05, 3.63) is 54.1 Å². The van der Waals surface area contributed by atoms with Crippen LogP contribution in [0.15, 0.2) is 53.4 Å². The van der Waals surface area contributed by atoms with Gasteiger partial charge in [-0.25, -0.2) is 0 Å². The van der Waals surface area contributed by atoms with E-state index in [2.05, 4.69) is 5.32 Å². The van der Waals surface area contributed by atoms with Gasteiger partial charge in [0, 0.05) is 10.5 Å². The first-order valence-electron chi connectivity index (χ1n) is 7.42. The quantitative estimate of drug-likeness (QED) is 0.814. The molecule has 0 spiro atoms. The minimum atomic E-state index is -1.51. The molecule has 25 heavy (non-hydrogen) atoms. The zero-order valence-electron chi connectivity index (χ0n) is 12.9. The van der Waals surface area contributed by atoms with Gasteiger partial charge in [-0.15, -0.1) is 0 Å². The van der Waals surface area contributed by atoms with Crippen molar-refractivity contribution in [2.24, 2.45) is 5.92 Å². The highest BCUT2D eigenvalue weighted by Gasteiger charge is 2.40. The SMILES string of the molecule is O=C(O)CNC(=O)C1C(=O)Sc2cc(-c3ccccc3)ccc2C1=O. The highest BCUT2D eigenvalue weighted by molar-refractivity contribution is 8.14. The number of rotatable bonds is 4. The molecule has 1 heterocycles. The molecule has 0 aliphatic carbocycles. The molecule has 6 nitrogen and oxygen atoms in total. The second-order valence-electron chi connectivity index (χ2n) is 5.41. The molecule has 126 valence electrons. The van der Waals surface area contributed by atoms with Crippen LogP contribution in [0.3, 0.4) is 0 Å².